The molecule has 1 fully saturated rings. The largest absolute Gasteiger partial charge is 0.497 e. The Morgan fingerprint density at radius 2 is 1.79 bits per heavy atom. The quantitative estimate of drug-likeness (QED) is 0.611. The van der Waals surface area contributed by atoms with E-state index in [0.717, 1.165) is 17.5 Å². The third kappa shape index (κ3) is 4.55. The van der Waals surface area contributed by atoms with Crippen molar-refractivity contribution in [3.8, 4) is 17.2 Å². The molecule has 5 unspecified atom stereocenters. The van der Waals surface area contributed by atoms with E-state index in [0.29, 0.717) is 23.8 Å². The third-order valence-electron chi connectivity index (χ3n) is 6.98. The molecule has 2 aliphatic rings. The van der Waals surface area contributed by atoms with Gasteiger partial charge in [0.05, 0.1) is 19.1 Å². The molecule has 0 aliphatic carbocycles. The summed E-state index contributed by atoms with van der Waals surface area (Å²) < 4.78 is 16.3. The standard InChI is InChI=1S/C26H32N2O6/c1-5-15(2)27-25(29)16(3)28-13-20(18-8-11-21-22(12-18)34-14-33-21)23(26(30)31)24(28)17-6-9-19(32-4)10-7-17/h6-12,15-16,20,23-24H,5,13-14H2,1-4H3,(H,27,29)(H,30,31). The summed E-state index contributed by atoms with van der Waals surface area (Å²) in [5, 5.41) is 13.4. The molecule has 182 valence electrons. The lowest BCUT2D eigenvalue weighted by molar-refractivity contribution is -0.143. The molecule has 5 atom stereocenters. The highest BCUT2D eigenvalue weighted by atomic mass is 16.7. The van der Waals surface area contributed by atoms with Crippen molar-refractivity contribution < 1.29 is 28.9 Å². The minimum Gasteiger partial charge on any atom is -0.497 e. The van der Waals surface area contributed by atoms with Gasteiger partial charge in [-0.3, -0.25) is 14.5 Å². The van der Waals surface area contributed by atoms with E-state index in [9.17, 15) is 14.7 Å². The first-order valence-electron chi connectivity index (χ1n) is 11.7. The molecule has 8 nitrogen and oxygen atoms in total. The Labute approximate surface area is 199 Å². The number of nitrogens with one attached hydrogen (secondary N) is 1. The fourth-order valence-electron chi connectivity index (χ4n) is 4.86. The SMILES string of the molecule is CCC(C)NC(=O)C(C)N1CC(c2ccc3c(c2)OCO3)C(C(=O)O)C1c1ccc(OC)cc1. The maximum absolute atomic E-state index is 13.1. The monoisotopic (exact) mass is 468 g/mol. The van der Waals surface area contributed by atoms with Gasteiger partial charge in [0.15, 0.2) is 11.5 Å². The summed E-state index contributed by atoms with van der Waals surface area (Å²) in [4.78, 5) is 27.8. The van der Waals surface area contributed by atoms with Crippen LogP contribution in [-0.2, 0) is 9.59 Å². The Hall–Kier alpha value is -3.26. The average Bonchev–Trinajstić information content (AvgIpc) is 3.47. The molecular weight excluding hydrogens is 436 g/mol. The summed E-state index contributed by atoms with van der Waals surface area (Å²) in [5.74, 6) is -0.147. The molecule has 2 aliphatic heterocycles. The number of hydrogen-bond acceptors (Lipinski definition) is 6. The Kier molecular flexibility index (Phi) is 6.97. The molecular formula is C26H32N2O6. The molecule has 0 bridgehead atoms. The van der Waals surface area contributed by atoms with Gasteiger partial charge in [-0.25, -0.2) is 0 Å². The van der Waals surface area contributed by atoms with E-state index in [2.05, 4.69) is 5.32 Å². The summed E-state index contributed by atoms with van der Waals surface area (Å²) in [7, 11) is 1.59. The first-order valence-corrected chi connectivity index (χ1v) is 11.7. The van der Waals surface area contributed by atoms with Crippen molar-refractivity contribution in [1.29, 1.82) is 0 Å². The molecule has 0 saturated carbocycles. The van der Waals surface area contributed by atoms with Crippen LogP contribution in [0.25, 0.3) is 0 Å². The molecule has 4 rings (SSSR count). The number of rotatable bonds is 8. The summed E-state index contributed by atoms with van der Waals surface area (Å²) in [6.45, 7) is 6.39. The van der Waals surface area contributed by atoms with Gasteiger partial charge in [0.25, 0.3) is 0 Å². The number of methoxy groups -OCH3 is 1. The molecule has 8 heteroatoms. The predicted molar refractivity (Wildman–Crippen MR) is 126 cm³/mol. The Morgan fingerprint density at radius 1 is 1.12 bits per heavy atom. The van der Waals surface area contributed by atoms with Crippen molar-refractivity contribution in [3.63, 3.8) is 0 Å². The molecule has 2 heterocycles. The zero-order valence-corrected chi connectivity index (χ0v) is 20.0. The molecule has 2 aromatic rings. The van der Waals surface area contributed by atoms with Crippen LogP contribution in [0, 0.1) is 5.92 Å². The smallest absolute Gasteiger partial charge is 0.309 e. The van der Waals surface area contributed by atoms with Gasteiger partial charge in [-0.1, -0.05) is 25.1 Å². The molecule has 1 saturated heterocycles. The highest BCUT2D eigenvalue weighted by Crippen LogP contribution is 2.48. The normalized spacial score (nSPS) is 23.4. The number of fused-ring (bicyclic) bond motifs is 1. The third-order valence-corrected chi connectivity index (χ3v) is 6.98. The van der Waals surface area contributed by atoms with E-state index in [1.807, 2.05) is 68.1 Å². The number of carbonyl (C=O) groups is 2. The van der Waals surface area contributed by atoms with E-state index >= 15 is 0 Å². The number of ether oxygens (including phenoxy) is 3. The number of carbonyl (C=O) groups excluding carboxylic acids is 1. The summed E-state index contributed by atoms with van der Waals surface area (Å²) in [5.41, 5.74) is 1.69. The van der Waals surface area contributed by atoms with Crippen molar-refractivity contribution in [2.45, 2.75) is 51.2 Å². The van der Waals surface area contributed by atoms with E-state index in [1.165, 1.54) is 0 Å². The number of carboxylic acid groups (broad SMARTS) is 1. The summed E-state index contributed by atoms with van der Waals surface area (Å²) in [6, 6.07) is 12.0. The Balaban J connectivity index is 1.74. The van der Waals surface area contributed by atoms with Crippen LogP contribution in [-0.4, -0.2) is 54.4 Å². The van der Waals surface area contributed by atoms with Crippen LogP contribution in [0.1, 0.15) is 50.3 Å². The number of benzene rings is 2. The van der Waals surface area contributed by atoms with Gasteiger partial charge < -0.3 is 24.6 Å². The van der Waals surface area contributed by atoms with E-state index in [-0.39, 0.29) is 24.7 Å². The summed E-state index contributed by atoms with van der Waals surface area (Å²) in [6.07, 6.45) is 0.817. The lowest BCUT2D eigenvalue weighted by Gasteiger charge is -2.32. The number of amides is 1. The topological polar surface area (TPSA) is 97.3 Å². The maximum atomic E-state index is 13.1. The molecule has 2 N–H and O–H groups in total. The first kappa shape index (κ1) is 23.9. The van der Waals surface area contributed by atoms with Gasteiger partial charge in [0.2, 0.25) is 12.7 Å². The Morgan fingerprint density at radius 3 is 2.44 bits per heavy atom. The molecule has 0 spiro atoms. The van der Waals surface area contributed by atoms with Crippen LogP contribution in [0.4, 0.5) is 0 Å². The second-order valence-corrected chi connectivity index (χ2v) is 8.99. The zero-order chi connectivity index (χ0) is 24.4. The minimum atomic E-state index is -0.902. The van der Waals surface area contributed by atoms with E-state index < -0.39 is 24.0 Å². The van der Waals surface area contributed by atoms with Crippen molar-refractivity contribution >= 4 is 11.9 Å². The number of hydrogen-bond donors (Lipinski definition) is 2. The van der Waals surface area contributed by atoms with Crippen LogP contribution in [0.2, 0.25) is 0 Å². The van der Waals surface area contributed by atoms with E-state index in [4.69, 9.17) is 14.2 Å². The second-order valence-electron chi connectivity index (χ2n) is 8.99. The Bertz CT molecular complexity index is 1040. The van der Waals surface area contributed by atoms with Crippen LogP contribution >= 0.6 is 0 Å². The van der Waals surface area contributed by atoms with Gasteiger partial charge >= 0.3 is 5.97 Å². The van der Waals surface area contributed by atoms with E-state index in [1.54, 1.807) is 7.11 Å². The van der Waals surface area contributed by atoms with Crippen LogP contribution in [0.5, 0.6) is 17.2 Å². The zero-order valence-electron chi connectivity index (χ0n) is 20.0. The van der Waals surface area contributed by atoms with Gasteiger partial charge in [-0.2, -0.15) is 0 Å². The fraction of sp³-hybridized carbons (Fsp3) is 0.462. The molecule has 2 aromatic carbocycles. The van der Waals surface area contributed by atoms with Crippen molar-refractivity contribution in [1.82, 2.24) is 10.2 Å². The van der Waals surface area contributed by atoms with Gasteiger partial charge in [-0.05, 0) is 55.7 Å². The van der Waals surface area contributed by atoms with Crippen LogP contribution in [0.3, 0.4) is 0 Å². The molecule has 0 aromatic heterocycles. The van der Waals surface area contributed by atoms with Crippen molar-refractivity contribution in [2.24, 2.45) is 5.92 Å². The van der Waals surface area contributed by atoms with Crippen LogP contribution < -0.4 is 19.5 Å². The van der Waals surface area contributed by atoms with Crippen LogP contribution in [0.15, 0.2) is 42.5 Å². The second kappa shape index (κ2) is 9.93. The highest BCUT2D eigenvalue weighted by Gasteiger charge is 2.50. The summed E-state index contributed by atoms with van der Waals surface area (Å²) >= 11 is 0. The molecule has 0 radical (unpaired) electrons. The molecule has 1 amide bonds. The maximum Gasteiger partial charge on any atom is 0.309 e. The van der Waals surface area contributed by atoms with Gasteiger partial charge in [0, 0.05) is 24.5 Å². The van der Waals surface area contributed by atoms with Gasteiger partial charge in [0.1, 0.15) is 5.75 Å². The predicted octanol–water partition coefficient (Wildman–Crippen LogP) is 3.57. The van der Waals surface area contributed by atoms with Crippen molar-refractivity contribution in [2.75, 3.05) is 20.4 Å². The average molecular weight is 469 g/mol. The van der Waals surface area contributed by atoms with Gasteiger partial charge in [-0.15, -0.1) is 0 Å². The number of carboxylic acids is 1. The highest BCUT2D eigenvalue weighted by molar-refractivity contribution is 5.82. The number of nitrogens with zero attached hydrogens (tertiary/aromatic N) is 1. The lowest BCUT2D eigenvalue weighted by Crippen LogP contribution is -2.47. The number of aliphatic carboxylic acids is 1. The first-order chi connectivity index (χ1) is 16.3. The molecule has 34 heavy (non-hydrogen) atoms. The minimum absolute atomic E-state index is 0.0388. The number of likely N-dealkylation sites (tertiary alicyclic amines) is 1. The van der Waals surface area contributed by atoms with Crippen molar-refractivity contribution in [3.05, 3.63) is 53.6 Å². The lowest BCUT2D eigenvalue weighted by atomic mass is 9.82. The fourth-order valence-corrected chi connectivity index (χ4v) is 4.86.